The highest BCUT2D eigenvalue weighted by Crippen LogP contribution is 2.27. The molecule has 2 aliphatic rings. The second-order valence-corrected chi connectivity index (χ2v) is 8.18. The van der Waals surface area contributed by atoms with Gasteiger partial charge in [0.15, 0.2) is 11.5 Å². The first-order valence-electron chi connectivity index (χ1n) is 10.9. The van der Waals surface area contributed by atoms with Crippen LogP contribution in [0.15, 0.2) is 30.3 Å². The Morgan fingerprint density at radius 3 is 2.72 bits per heavy atom. The molecule has 0 spiro atoms. The summed E-state index contributed by atoms with van der Waals surface area (Å²) in [6.45, 7) is 0.289. The van der Waals surface area contributed by atoms with Crippen LogP contribution in [0.4, 0.5) is 14.6 Å². The number of halogens is 2. The molecule has 0 bridgehead atoms. The van der Waals surface area contributed by atoms with Gasteiger partial charge in [-0.1, -0.05) is 6.07 Å². The van der Waals surface area contributed by atoms with Crippen LogP contribution in [0.2, 0.25) is 0 Å². The molecule has 0 unspecified atom stereocenters. The molecule has 0 saturated carbocycles. The number of aromatic nitrogens is 4. The fourth-order valence-electron chi connectivity index (χ4n) is 4.47. The van der Waals surface area contributed by atoms with E-state index in [0.717, 1.165) is 51.1 Å². The van der Waals surface area contributed by atoms with E-state index in [4.69, 9.17) is 0 Å². The number of rotatable bonds is 5. The molecular weight excluding hydrogens is 418 g/mol. The molecule has 0 aliphatic carbocycles. The SMILES string of the molecule is O=C([C@@H]1CCCN(c2ccc3[nH]c(-c4cccc(OC(F)F)n4)nc3n2)C1)N1CCCC1. The van der Waals surface area contributed by atoms with Crippen molar-refractivity contribution in [3.05, 3.63) is 30.3 Å². The predicted octanol–water partition coefficient (Wildman–Crippen LogP) is 3.46. The minimum Gasteiger partial charge on any atom is -0.417 e. The number of likely N-dealkylation sites (tertiary alicyclic amines) is 1. The Kier molecular flexibility index (Phi) is 5.59. The smallest absolute Gasteiger partial charge is 0.388 e. The third-order valence-electron chi connectivity index (χ3n) is 6.02. The number of imidazole rings is 1. The number of pyridine rings is 2. The summed E-state index contributed by atoms with van der Waals surface area (Å²) in [7, 11) is 0. The zero-order chi connectivity index (χ0) is 22.1. The Morgan fingerprint density at radius 2 is 1.91 bits per heavy atom. The third kappa shape index (κ3) is 4.21. The zero-order valence-electron chi connectivity index (χ0n) is 17.5. The number of nitrogens with zero attached hydrogens (tertiary/aromatic N) is 5. The molecule has 2 aliphatic heterocycles. The van der Waals surface area contributed by atoms with E-state index in [1.54, 1.807) is 12.1 Å². The molecule has 168 valence electrons. The number of nitrogens with one attached hydrogen (secondary N) is 1. The van der Waals surface area contributed by atoms with Crippen LogP contribution >= 0.6 is 0 Å². The standard InChI is InChI=1S/C22H24F2N6O2/c23-22(24)32-18-7-3-6-15(25-18)19-26-16-8-9-17(27-20(16)28-19)30-12-4-5-14(13-30)21(31)29-10-1-2-11-29/h3,6-9,14,22H,1-2,4-5,10-13H2,(H,26,27,28)/t14-/m1/s1. The lowest BCUT2D eigenvalue weighted by atomic mass is 9.96. The van der Waals surface area contributed by atoms with Gasteiger partial charge in [0.05, 0.1) is 11.4 Å². The van der Waals surface area contributed by atoms with Gasteiger partial charge in [0.25, 0.3) is 0 Å². The van der Waals surface area contributed by atoms with E-state index in [2.05, 4.69) is 29.6 Å². The molecule has 10 heteroatoms. The normalized spacial score (nSPS) is 19.2. The van der Waals surface area contributed by atoms with Crippen molar-refractivity contribution in [3.8, 4) is 17.4 Å². The van der Waals surface area contributed by atoms with E-state index in [9.17, 15) is 13.6 Å². The fourth-order valence-corrected chi connectivity index (χ4v) is 4.47. The van der Waals surface area contributed by atoms with Crippen molar-refractivity contribution in [3.63, 3.8) is 0 Å². The lowest BCUT2D eigenvalue weighted by Gasteiger charge is -2.34. The Hall–Kier alpha value is -3.30. The van der Waals surface area contributed by atoms with Gasteiger partial charge < -0.3 is 19.5 Å². The molecule has 1 N–H and O–H groups in total. The molecule has 1 atom stereocenters. The summed E-state index contributed by atoms with van der Waals surface area (Å²) in [6, 6.07) is 8.41. The van der Waals surface area contributed by atoms with Crippen LogP contribution in [0.1, 0.15) is 25.7 Å². The number of alkyl halides is 2. The molecule has 2 fully saturated rings. The van der Waals surface area contributed by atoms with E-state index in [1.807, 2.05) is 17.0 Å². The number of fused-ring (bicyclic) bond motifs is 1. The van der Waals surface area contributed by atoms with Gasteiger partial charge in [-0.2, -0.15) is 8.78 Å². The fraction of sp³-hybridized carbons (Fsp3) is 0.455. The van der Waals surface area contributed by atoms with Crippen LogP contribution in [0.25, 0.3) is 22.7 Å². The molecule has 0 radical (unpaired) electrons. The van der Waals surface area contributed by atoms with E-state index >= 15 is 0 Å². The highest BCUT2D eigenvalue weighted by Gasteiger charge is 2.31. The van der Waals surface area contributed by atoms with E-state index in [1.165, 1.54) is 6.07 Å². The number of hydrogen-bond acceptors (Lipinski definition) is 6. The van der Waals surface area contributed by atoms with E-state index < -0.39 is 6.61 Å². The van der Waals surface area contributed by atoms with E-state index in [0.29, 0.717) is 29.2 Å². The quantitative estimate of drug-likeness (QED) is 0.651. The lowest BCUT2D eigenvalue weighted by Crippen LogP contribution is -2.44. The maximum Gasteiger partial charge on any atom is 0.388 e. The van der Waals surface area contributed by atoms with Crippen LogP contribution in [-0.2, 0) is 4.79 Å². The van der Waals surface area contributed by atoms with Crippen molar-refractivity contribution in [1.29, 1.82) is 0 Å². The molecule has 0 aromatic carbocycles. The molecule has 2 saturated heterocycles. The highest BCUT2D eigenvalue weighted by molar-refractivity contribution is 5.80. The first-order chi connectivity index (χ1) is 15.6. The number of H-pyrrole nitrogens is 1. The van der Waals surface area contributed by atoms with Gasteiger partial charge in [0.1, 0.15) is 11.5 Å². The minimum atomic E-state index is -2.94. The molecule has 5 rings (SSSR count). The van der Waals surface area contributed by atoms with Gasteiger partial charge in [0, 0.05) is 32.2 Å². The van der Waals surface area contributed by atoms with Crippen molar-refractivity contribution in [2.75, 3.05) is 31.1 Å². The zero-order valence-corrected chi connectivity index (χ0v) is 17.5. The molecule has 5 heterocycles. The number of aromatic amines is 1. The Bertz CT molecular complexity index is 1110. The number of ether oxygens (including phenoxy) is 1. The topological polar surface area (TPSA) is 87.2 Å². The maximum absolute atomic E-state index is 12.8. The summed E-state index contributed by atoms with van der Waals surface area (Å²) in [4.78, 5) is 33.4. The van der Waals surface area contributed by atoms with Gasteiger partial charge >= 0.3 is 6.61 Å². The second kappa shape index (κ2) is 8.68. The third-order valence-corrected chi connectivity index (χ3v) is 6.02. The summed E-state index contributed by atoms with van der Waals surface area (Å²) >= 11 is 0. The maximum atomic E-state index is 12.8. The van der Waals surface area contributed by atoms with Crippen molar-refractivity contribution in [2.45, 2.75) is 32.3 Å². The number of carbonyl (C=O) groups is 1. The molecule has 3 aromatic rings. The Morgan fingerprint density at radius 1 is 1.06 bits per heavy atom. The van der Waals surface area contributed by atoms with Crippen molar-refractivity contribution >= 4 is 22.9 Å². The summed E-state index contributed by atoms with van der Waals surface area (Å²) in [6.07, 6.45) is 4.03. The molecule has 3 aromatic heterocycles. The summed E-state index contributed by atoms with van der Waals surface area (Å²) in [5.74, 6) is 1.28. The minimum absolute atomic E-state index is 0.00383. The first-order valence-corrected chi connectivity index (χ1v) is 10.9. The van der Waals surface area contributed by atoms with Crippen LogP contribution in [0, 0.1) is 5.92 Å². The van der Waals surface area contributed by atoms with Crippen LogP contribution < -0.4 is 9.64 Å². The van der Waals surface area contributed by atoms with E-state index in [-0.39, 0.29) is 17.7 Å². The van der Waals surface area contributed by atoms with Gasteiger partial charge in [-0.3, -0.25) is 4.79 Å². The second-order valence-electron chi connectivity index (χ2n) is 8.18. The first kappa shape index (κ1) is 20.6. The van der Waals surface area contributed by atoms with Crippen LogP contribution in [-0.4, -0.2) is 63.5 Å². The molecule has 1 amide bonds. The monoisotopic (exact) mass is 442 g/mol. The highest BCUT2D eigenvalue weighted by atomic mass is 19.3. The van der Waals surface area contributed by atoms with Crippen LogP contribution in [0.5, 0.6) is 5.88 Å². The number of hydrogen-bond donors (Lipinski definition) is 1. The van der Waals surface area contributed by atoms with Crippen molar-refractivity contribution in [2.24, 2.45) is 5.92 Å². The average Bonchev–Trinajstić information content (AvgIpc) is 3.48. The summed E-state index contributed by atoms with van der Waals surface area (Å²) in [5, 5.41) is 0. The number of piperidine rings is 1. The lowest BCUT2D eigenvalue weighted by molar-refractivity contribution is -0.134. The van der Waals surface area contributed by atoms with Crippen LogP contribution in [0.3, 0.4) is 0 Å². The van der Waals surface area contributed by atoms with Gasteiger partial charge in [-0.05, 0) is 43.9 Å². The van der Waals surface area contributed by atoms with Gasteiger partial charge in [-0.25, -0.2) is 15.0 Å². The van der Waals surface area contributed by atoms with Crippen molar-refractivity contribution in [1.82, 2.24) is 24.8 Å². The Labute approximate surface area is 183 Å². The molecular formula is C22H24F2N6O2. The Balaban J connectivity index is 1.35. The van der Waals surface area contributed by atoms with Gasteiger partial charge in [0.2, 0.25) is 11.8 Å². The molecule has 32 heavy (non-hydrogen) atoms. The molecule has 8 nitrogen and oxygen atoms in total. The number of amides is 1. The average molecular weight is 442 g/mol. The van der Waals surface area contributed by atoms with Gasteiger partial charge in [-0.15, -0.1) is 0 Å². The number of anilines is 1. The largest absolute Gasteiger partial charge is 0.417 e. The predicted molar refractivity (Wildman–Crippen MR) is 115 cm³/mol. The summed E-state index contributed by atoms with van der Waals surface area (Å²) < 4.78 is 29.3. The summed E-state index contributed by atoms with van der Waals surface area (Å²) in [5.41, 5.74) is 1.61. The number of carbonyl (C=O) groups excluding carboxylic acids is 1. The van der Waals surface area contributed by atoms with Crippen molar-refractivity contribution < 1.29 is 18.3 Å².